The number of benzene rings is 2. The van der Waals surface area contributed by atoms with Gasteiger partial charge in [0, 0.05) is 5.56 Å². The fraction of sp³-hybridized carbons (Fsp3) is 0.571. The zero-order valence-corrected chi connectivity index (χ0v) is 25.0. The van der Waals surface area contributed by atoms with Crippen molar-refractivity contribution in [1.29, 1.82) is 0 Å². The first-order chi connectivity index (χ1) is 20.3. The highest BCUT2D eigenvalue weighted by Crippen LogP contribution is 2.33. The lowest BCUT2D eigenvalue weighted by Gasteiger charge is -2.27. The molecular weight excluding hydrogens is 544 g/mol. The zero-order chi connectivity index (χ0) is 30.3. The molecule has 1 fully saturated rings. The molecule has 1 saturated carbocycles. The summed E-state index contributed by atoms with van der Waals surface area (Å²) in [6, 6.07) is 6.10. The van der Waals surface area contributed by atoms with Gasteiger partial charge in [-0.05, 0) is 62.3 Å². The van der Waals surface area contributed by atoms with Crippen LogP contribution in [0.5, 0.6) is 11.5 Å². The number of hydrogen-bond acceptors (Lipinski definition) is 3. The molecule has 1 aliphatic rings. The van der Waals surface area contributed by atoms with Gasteiger partial charge in [0.1, 0.15) is 11.3 Å². The minimum atomic E-state index is -1.60. The summed E-state index contributed by atoms with van der Waals surface area (Å²) in [6.07, 6.45) is 15.5. The molecule has 0 heterocycles. The van der Waals surface area contributed by atoms with Crippen molar-refractivity contribution in [1.82, 2.24) is 0 Å². The van der Waals surface area contributed by atoms with E-state index in [1.54, 1.807) is 0 Å². The Morgan fingerprint density at radius 3 is 1.93 bits per heavy atom. The van der Waals surface area contributed by atoms with E-state index >= 15 is 0 Å². The Labute approximate surface area is 248 Å². The van der Waals surface area contributed by atoms with E-state index in [1.165, 1.54) is 56.4 Å². The zero-order valence-electron chi connectivity index (χ0n) is 25.0. The standard InChI is InChI=1S/C35H44F4O3/c1-3-5-7-8-9-10-12-24-41-34-32(38)30(36)29(31(37)33(34)39)23-18-26-16-21-28(22-17-26)42-35(40)27-19-14-25(15-20-27)13-11-6-4-2/h16-17,21-22,25,27H,3-15,19-20,24H2,1-2H3. The quantitative estimate of drug-likeness (QED) is 0.0519. The van der Waals surface area contributed by atoms with Crippen LogP contribution in [0.25, 0.3) is 0 Å². The monoisotopic (exact) mass is 588 g/mol. The molecule has 0 radical (unpaired) electrons. The molecule has 2 aromatic carbocycles. The smallest absolute Gasteiger partial charge is 0.314 e. The van der Waals surface area contributed by atoms with Crippen molar-refractivity contribution < 1.29 is 31.8 Å². The Bertz CT molecular complexity index is 1160. The molecule has 0 aliphatic heterocycles. The Kier molecular flexibility index (Phi) is 14.2. The van der Waals surface area contributed by atoms with Crippen molar-refractivity contribution >= 4 is 5.97 Å². The van der Waals surface area contributed by atoms with Gasteiger partial charge in [0.2, 0.25) is 11.6 Å². The minimum absolute atomic E-state index is 0.0389. The molecule has 0 aromatic heterocycles. The summed E-state index contributed by atoms with van der Waals surface area (Å²) in [5.74, 6) is -2.08. The highest BCUT2D eigenvalue weighted by molar-refractivity contribution is 5.75. The first-order valence-electron chi connectivity index (χ1n) is 15.7. The molecule has 7 heteroatoms. The number of halogens is 4. The first-order valence-corrected chi connectivity index (χ1v) is 15.7. The molecular formula is C35H44F4O3. The molecule has 0 saturated heterocycles. The van der Waals surface area contributed by atoms with Crippen molar-refractivity contribution in [3.05, 3.63) is 58.7 Å². The summed E-state index contributed by atoms with van der Waals surface area (Å²) in [5.41, 5.74) is -0.671. The first kappa shape index (κ1) is 33.5. The average molecular weight is 589 g/mol. The highest BCUT2D eigenvalue weighted by atomic mass is 19.2. The SMILES string of the molecule is CCCCCCCCCOc1c(F)c(F)c(C#Cc2ccc(OC(=O)C3CCC(CCCCC)CC3)cc2)c(F)c1F. The molecule has 3 rings (SSSR count). The van der Waals surface area contributed by atoms with E-state index in [1.807, 2.05) is 0 Å². The number of hydrogen-bond donors (Lipinski definition) is 0. The van der Waals surface area contributed by atoms with Crippen molar-refractivity contribution in [2.75, 3.05) is 6.61 Å². The number of unbranched alkanes of at least 4 members (excludes halogenated alkanes) is 8. The maximum absolute atomic E-state index is 14.6. The minimum Gasteiger partial charge on any atom is -0.487 e. The largest absolute Gasteiger partial charge is 0.487 e. The third-order valence-electron chi connectivity index (χ3n) is 8.02. The summed E-state index contributed by atoms with van der Waals surface area (Å²) < 4.78 is 68.9. The molecule has 1 aliphatic carbocycles. The lowest BCUT2D eigenvalue weighted by Crippen LogP contribution is -2.25. The van der Waals surface area contributed by atoms with Crippen molar-refractivity contribution in [3.8, 4) is 23.3 Å². The van der Waals surface area contributed by atoms with E-state index in [-0.39, 0.29) is 18.5 Å². The predicted octanol–water partition coefficient (Wildman–Crippen LogP) is 10.1. The van der Waals surface area contributed by atoms with Gasteiger partial charge in [-0.15, -0.1) is 0 Å². The molecule has 3 nitrogen and oxygen atoms in total. The molecule has 0 unspecified atom stereocenters. The van der Waals surface area contributed by atoms with Gasteiger partial charge in [-0.25, -0.2) is 8.78 Å². The maximum Gasteiger partial charge on any atom is 0.314 e. The van der Waals surface area contributed by atoms with Gasteiger partial charge in [0.05, 0.1) is 12.5 Å². The normalized spacial score (nSPS) is 16.5. The number of esters is 1. The van der Waals surface area contributed by atoms with Crippen LogP contribution in [0.4, 0.5) is 17.6 Å². The Balaban J connectivity index is 1.53. The Morgan fingerprint density at radius 2 is 1.31 bits per heavy atom. The number of rotatable bonds is 15. The molecule has 0 spiro atoms. The van der Waals surface area contributed by atoms with Gasteiger partial charge in [-0.3, -0.25) is 4.79 Å². The van der Waals surface area contributed by atoms with Crippen LogP contribution in [0, 0.1) is 46.9 Å². The van der Waals surface area contributed by atoms with Crippen molar-refractivity contribution in [3.63, 3.8) is 0 Å². The van der Waals surface area contributed by atoms with Crippen LogP contribution in [0.3, 0.4) is 0 Å². The average Bonchev–Trinajstić information content (AvgIpc) is 3.00. The summed E-state index contributed by atoms with van der Waals surface area (Å²) >= 11 is 0. The van der Waals surface area contributed by atoms with Crippen LogP contribution in [0.2, 0.25) is 0 Å². The van der Waals surface area contributed by atoms with Gasteiger partial charge in [-0.2, -0.15) is 8.78 Å². The molecule has 0 atom stereocenters. The van der Waals surface area contributed by atoms with E-state index < -0.39 is 34.6 Å². The van der Waals surface area contributed by atoms with Crippen LogP contribution in [0.1, 0.15) is 121 Å². The van der Waals surface area contributed by atoms with Crippen LogP contribution in [-0.2, 0) is 4.79 Å². The van der Waals surface area contributed by atoms with E-state index in [2.05, 4.69) is 25.7 Å². The molecule has 0 bridgehead atoms. The number of carbonyl (C=O) groups excluding carboxylic acids is 1. The van der Waals surface area contributed by atoms with E-state index in [9.17, 15) is 22.4 Å². The second-order valence-electron chi connectivity index (χ2n) is 11.3. The van der Waals surface area contributed by atoms with Gasteiger partial charge >= 0.3 is 5.97 Å². The second-order valence-corrected chi connectivity index (χ2v) is 11.3. The van der Waals surface area contributed by atoms with Gasteiger partial charge in [0.15, 0.2) is 17.4 Å². The maximum atomic E-state index is 14.6. The highest BCUT2D eigenvalue weighted by Gasteiger charge is 2.28. The van der Waals surface area contributed by atoms with Gasteiger partial charge in [-0.1, -0.05) is 89.9 Å². The topological polar surface area (TPSA) is 35.5 Å². The Morgan fingerprint density at radius 1 is 0.738 bits per heavy atom. The fourth-order valence-corrected chi connectivity index (χ4v) is 5.39. The lowest BCUT2D eigenvalue weighted by molar-refractivity contribution is -0.140. The Hall–Kier alpha value is -3.01. The molecule has 0 N–H and O–H groups in total. The fourth-order valence-electron chi connectivity index (χ4n) is 5.39. The van der Waals surface area contributed by atoms with E-state index in [0.29, 0.717) is 23.7 Å². The van der Waals surface area contributed by atoms with Gasteiger partial charge < -0.3 is 9.47 Å². The van der Waals surface area contributed by atoms with E-state index in [0.717, 1.165) is 57.8 Å². The van der Waals surface area contributed by atoms with Crippen LogP contribution in [0.15, 0.2) is 24.3 Å². The molecule has 0 amide bonds. The molecule has 230 valence electrons. The lowest BCUT2D eigenvalue weighted by atomic mass is 9.80. The third kappa shape index (κ3) is 10.1. The molecule has 2 aromatic rings. The summed E-state index contributed by atoms with van der Waals surface area (Å²) in [6.45, 7) is 4.29. The predicted molar refractivity (Wildman–Crippen MR) is 157 cm³/mol. The van der Waals surface area contributed by atoms with Gasteiger partial charge in [0.25, 0.3) is 0 Å². The van der Waals surface area contributed by atoms with Crippen LogP contribution >= 0.6 is 0 Å². The van der Waals surface area contributed by atoms with Crippen molar-refractivity contribution in [2.45, 2.75) is 110 Å². The summed E-state index contributed by atoms with van der Waals surface area (Å²) in [7, 11) is 0. The van der Waals surface area contributed by atoms with E-state index in [4.69, 9.17) is 9.47 Å². The number of ether oxygens (including phenoxy) is 2. The summed E-state index contributed by atoms with van der Waals surface area (Å²) in [5, 5.41) is 0. The van der Waals surface area contributed by atoms with Crippen molar-refractivity contribution in [2.24, 2.45) is 11.8 Å². The van der Waals surface area contributed by atoms with Crippen LogP contribution in [-0.4, -0.2) is 12.6 Å². The van der Waals surface area contributed by atoms with Crippen LogP contribution < -0.4 is 9.47 Å². The third-order valence-corrected chi connectivity index (χ3v) is 8.02. The molecule has 42 heavy (non-hydrogen) atoms. The number of carbonyl (C=O) groups is 1. The summed E-state index contributed by atoms with van der Waals surface area (Å²) in [4.78, 5) is 12.6. The second kappa shape index (κ2) is 17.8.